The van der Waals surface area contributed by atoms with Crippen molar-refractivity contribution in [2.24, 2.45) is 0 Å². The van der Waals surface area contributed by atoms with Gasteiger partial charge in [0.25, 0.3) is 0 Å². The summed E-state index contributed by atoms with van der Waals surface area (Å²) in [6.07, 6.45) is 0. The summed E-state index contributed by atoms with van der Waals surface area (Å²) in [6.45, 7) is 2.08. The molecular weight excluding hydrogens is 296 g/mol. The summed E-state index contributed by atoms with van der Waals surface area (Å²) in [5.41, 5.74) is 1.90. The van der Waals surface area contributed by atoms with Gasteiger partial charge in [0, 0.05) is 0 Å². The van der Waals surface area contributed by atoms with Gasteiger partial charge in [0.2, 0.25) is 0 Å². The number of carbonyl (C=O) groups is 2. The van der Waals surface area contributed by atoms with Gasteiger partial charge in [-0.2, -0.15) is 0 Å². The molecule has 0 aliphatic carbocycles. The van der Waals surface area contributed by atoms with Crippen LogP contribution in [0.15, 0.2) is 42.5 Å². The van der Waals surface area contributed by atoms with Crippen molar-refractivity contribution in [2.75, 3.05) is 14.2 Å². The van der Waals surface area contributed by atoms with Crippen molar-refractivity contribution in [2.45, 2.75) is 13.5 Å². The van der Waals surface area contributed by atoms with E-state index in [4.69, 9.17) is 14.2 Å². The molecule has 0 aliphatic heterocycles. The van der Waals surface area contributed by atoms with Gasteiger partial charge in [-0.25, -0.2) is 9.59 Å². The minimum absolute atomic E-state index is 0.127. The maximum Gasteiger partial charge on any atom is 0.339 e. The third-order valence-electron chi connectivity index (χ3n) is 3.35. The minimum atomic E-state index is -0.612. The van der Waals surface area contributed by atoms with Gasteiger partial charge < -0.3 is 14.2 Å². The van der Waals surface area contributed by atoms with Gasteiger partial charge in [0.15, 0.2) is 0 Å². The molecule has 0 heterocycles. The molecule has 0 fully saturated rings. The second-order valence-electron chi connectivity index (χ2n) is 4.92. The van der Waals surface area contributed by atoms with Crippen molar-refractivity contribution in [3.05, 3.63) is 64.7 Å². The zero-order valence-electron chi connectivity index (χ0n) is 13.3. The van der Waals surface area contributed by atoms with E-state index in [9.17, 15) is 9.59 Å². The summed E-state index contributed by atoms with van der Waals surface area (Å²) in [5.74, 6) is -0.712. The third-order valence-corrected chi connectivity index (χ3v) is 3.35. The average Bonchev–Trinajstić information content (AvgIpc) is 2.59. The van der Waals surface area contributed by atoms with Crippen molar-refractivity contribution >= 4 is 11.9 Å². The first-order valence-electron chi connectivity index (χ1n) is 7.04. The molecule has 0 unspecified atom stereocenters. The van der Waals surface area contributed by atoms with Crippen molar-refractivity contribution in [1.82, 2.24) is 0 Å². The second kappa shape index (κ2) is 7.45. The van der Waals surface area contributed by atoms with Gasteiger partial charge in [0.05, 0.1) is 25.3 Å². The lowest BCUT2D eigenvalue weighted by atomic mass is 10.0. The number of benzene rings is 2. The van der Waals surface area contributed by atoms with Crippen LogP contribution in [0.1, 0.15) is 31.8 Å². The highest BCUT2D eigenvalue weighted by Crippen LogP contribution is 2.24. The lowest BCUT2D eigenvalue weighted by molar-refractivity contribution is 0.0554. The van der Waals surface area contributed by atoms with E-state index >= 15 is 0 Å². The summed E-state index contributed by atoms with van der Waals surface area (Å²) in [5, 5.41) is 0. The van der Waals surface area contributed by atoms with Crippen LogP contribution in [-0.4, -0.2) is 26.2 Å². The number of carbonyl (C=O) groups excluding carboxylic acids is 2. The van der Waals surface area contributed by atoms with E-state index in [0.29, 0.717) is 17.9 Å². The summed E-state index contributed by atoms with van der Waals surface area (Å²) in [6, 6.07) is 12.8. The van der Waals surface area contributed by atoms with Gasteiger partial charge in [-0.05, 0) is 30.2 Å². The van der Waals surface area contributed by atoms with E-state index in [2.05, 4.69) is 0 Å². The van der Waals surface area contributed by atoms with Crippen LogP contribution in [0.25, 0.3) is 0 Å². The lowest BCUT2D eigenvalue weighted by Crippen LogP contribution is -2.14. The predicted octanol–water partition coefficient (Wildman–Crippen LogP) is 3.15. The quantitative estimate of drug-likeness (QED) is 0.793. The number of aryl methyl sites for hydroxylation is 1. The maximum absolute atomic E-state index is 11.9. The Kier molecular flexibility index (Phi) is 5.36. The normalized spacial score (nSPS) is 10.0. The molecule has 23 heavy (non-hydrogen) atoms. The molecule has 0 amide bonds. The number of esters is 2. The highest BCUT2D eigenvalue weighted by Gasteiger charge is 2.22. The first-order valence-corrected chi connectivity index (χ1v) is 7.04. The van der Waals surface area contributed by atoms with Gasteiger partial charge in [-0.15, -0.1) is 0 Å². The van der Waals surface area contributed by atoms with Crippen LogP contribution in [0.2, 0.25) is 0 Å². The summed E-state index contributed by atoms with van der Waals surface area (Å²) in [4.78, 5) is 23.8. The molecule has 120 valence electrons. The Hall–Kier alpha value is -2.82. The molecule has 0 saturated heterocycles. The molecule has 0 bridgehead atoms. The second-order valence-corrected chi connectivity index (χ2v) is 4.92. The standard InChI is InChI=1S/C18H18O5/c1-12-9-14(23-11-13-7-5-4-6-8-13)10-15(17(19)21-2)16(12)18(20)22-3/h4-10H,11H2,1-3H3. The number of methoxy groups -OCH3 is 2. The number of hydrogen-bond donors (Lipinski definition) is 0. The summed E-state index contributed by atoms with van der Waals surface area (Å²) < 4.78 is 15.2. The van der Waals surface area contributed by atoms with E-state index < -0.39 is 11.9 Å². The molecule has 0 spiro atoms. The zero-order chi connectivity index (χ0) is 16.8. The van der Waals surface area contributed by atoms with Gasteiger partial charge >= 0.3 is 11.9 Å². The Morgan fingerprint density at radius 2 is 1.61 bits per heavy atom. The fraction of sp³-hybridized carbons (Fsp3) is 0.222. The Morgan fingerprint density at radius 3 is 2.22 bits per heavy atom. The fourth-order valence-corrected chi connectivity index (χ4v) is 2.22. The highest BCUT2D eigenvalue weighted by molar-refractivity contribution is 6.04. The molecule has 2 aromatic carbocycles. The third kappa shape index (κ3) is 3.88. The minimum Gasteiger partial charge on any atom is -0.489 e. The average molecular weight is 314 g/mol. The molecule has 0 atom stereocenters. The largest absolute Gasteiger partial charge is 0.489 e. The first-order chi connectivity index (χ1) is 11.1. The number of rotatable bonds is 5. The van der Waals surface area contributed by atoms with E-state index in [1.165, 1.54) is 20.3 Å². The monoisotopic (exact) mass is 314 g/mol. The van der Waals surface area contributed by atoms with Crippen LogP contribution in [0.3, 0.4) is 0 Å². The Labute approximate surface area is 134 Å². The van der Waals surface area contributed by atoms with Crippen molar-refractivity contribution < 1.29 is 23.8 Å². The smallest absolute Gasteiger partial charge is 0.339 e. The molecule has 0 aliphatic rings. The SMILES string of the molecule is COC(=O)c1cc(OCc2ccccc2)cc(C)c1C(=O)OC. The van der Waals surface area contributed by atoms with Crippen LogP contribution in [0.5, 0.6) is 5.75 Å². The van der Waals surface area contributed by atoms with E-state index in [1.807, 2.05) is 30.3 Å². The molecule has 5 heteroatoms. The maximum atomic E-state index is 11.9. The summed E-state index contributed by atoms with van der Waals surface area (Å²) >= 11 is 0. The van der Waals surface area contributed by atoms with Crippen LogP contribution in [0.4, 0.5) is 0 Å². The number of ether oxygens (including phenoxy) is 3. The van der Waals surface area contributed by atoms with Crippen LogP contribution in [-0.2, 0) is 16.1 Å². The Bertz CT molecular complexity index is 707. The number of hydrogen-bond acceptors (Lipinski definition) is 5. The molecule has 5 nitrogen and oxygen atoms in total. The first kappa shape index (κ1) is 16.5. The van der Waals surface area contributed by atoms with E-state index in [-0.39, 0.29) is 11.1 Å². The topological polar surface area (TPSA) is 61.8 Å². The van der Waals surface area contributed by atoms with Crippen LogP contribution >= 0.6 is 0 Å². The van der Waals surface area contributed by atoms with Crippen molar-refractivity contribution in [3.63, 3.8) is 0 Å². The van der Waals surface area contributed by atoms with E-state index in [0.717, 1.165) is 5.56 Å². The Morgan fingerprint density at radius 1 is 0.957 bits per heavy atom. The van der Waals surface area contributed by atoms with Crippen molar-refractivity contribution in [1.29, 1.82) is 0 Å². The molecule has 0 saturated carbocycles. The molecule has 2 rings (SSSR count). The lowest BCUT2D eigenvalue weighted by Gasteiger charge is -2.13. The van der Waals surface area contributed by atoms with Gasteiger partial charge in [-0.3, -0.25) is 0 Å². The van der Waals surface area contributed by atoms with Crippen molar-refractivity contribution in [3.8, 4) is 5.75 Å². The molecular formula is C18H18O5. The predicted molar refractivity (Wildman–Crippen MR) is 84.6 cm³/mol. The summed E-state index contributed by atoms with van der Waals surface area (Å²) in [7, 11) is 2.53. The van der Waals surface area contributed by atoms with Gasteiger partial charge in [0.1, 0.15) is 12.4 Å². The molecule has 2 aromatic rings. The fourth-order valence-electron chi connectivity index (χ4n) is 2.22. The zero-order valence-corrected chi connectivity index (χ0v) is 13.3. The van der Waals surface area contributed by atoms with Crippen LogP contribution in [0, 0.1) is 6.92 Å². The van der Waals surface area contributed by atoms with Gasteiger partial charge in [-0.1, -0.05) is 30.3 Å². The highest BCUT2D eigenvalue weighted by atomic mass is 16.5. The molecule has 0 aromatic heterocycles. The molecule has 0 N–H and O–H groups in total. The Balaban J connectivity index is 2.33. The molecule has 0 radical (unpaired) electrons. The van der Waals surface area contributed by atoms with Crippen LogP contribution < -0.4 is 4.74 Å². The van der Waals surface area contributed by atoms with E-state index in [1.54, 1.807) is 13.0 Å².